The third kappa shape index (κ3) is 6.69. The van der Waals surface area contributed by atoms with E-state index in [1.54, 1.807) is 13.2 Å². The van der Waals surface area contributed by atoms with Gasteiger partial charge in [0.05, 0.1) is 13.7 Å². The minimum absolute atomic E-state index is 0.0988. The molecule has 0 aliphatic heterocycles. The second-order valence-electron chi connectivity index (χ2n) is 10.1. The fourth-order valence-electron chi connectivity index (χ4n) is 5.41. The number of aryl methyl sites for hydroxylation is 1. The number of aliphatic hydroxyl groups is 1. The van der Waals surface area contributed by atoms with E-state index in [1.165, 1.54) is 16.7 Å². The molecule has 2 aromatic rings. The number of methoxy groups -OCH3 is 1. The number of aliphatic hydroxyl groups excluding tert-OH is 1. The van der Waals surface area contributed by atoms with Gasteiger partial charge in [0.1, 0.15) is 23.9 Å². The molecule has 0 saturated heterocycles. The summed E-state index contributed by atoms with van der Waals surface area (Å²) in [5.74, 6) is 2.88. The average molecular weight is 493 g/mol. The average Bonchev–Trinajstić information content (AvgIpc) is 2.88. The minimum Gasteiger partial charge on any atom is -0.508 e. The molecule has 2 N–H and O–H groups in total. The highest BCUT2D eigenvalue weighted by molar-refractivity contribution is 5.37. The number of likely N-dealkylation sites (N-methyl/N-ethyl adjacent to an activating group) is 1. The van der Waals surface area contributed by atoms with Gasteiger partial charge >= 0.3 is 0 Å². The molecule has 2 aromatic carbocycles. The van der Waals surface area contributed by atoms with Crippen LogP contribution < -0.4 is 4.74 Å². The van der Waals surface area contributed by atoms with Crippen molar-refractivity contribution in [3.8, 4) is 11.5 Å². The van der Waals surface area contributed by atoms with Gasteiger partial charge in [-0.3, -0.25) is 4.90 Å². The molecule has 2 aliphatic carbocycles. The number of rotatable bonds is 11. The summed E-state index contributed by atoms with van der Waals surface area (Å²) < 4.78 is 11.5. The fraction of sp³-hybridized carbons (Fsp3) is 0.467. The zero-order valence-electron chi connectivity index (χ0n) is 21.8. The van der Waals surface area contributed by atoms with Gasteiger partial charge < -0.3 is 24.6 Å². The van der Waals surface area contributed by atoms with Crippen LogP contribution in [0.5, 0.6) is 11.5 Å². The highest BCUT2D eigenvalue weighted by atomic mass is 16.5. The Balaban J connectivity index is 1.50. The summed E-state index contributed by atoms with van der Waals surface area (Å²) >= 11 is 0. The van der Waals surface area contributed by atoms with Gasteiger partial charge in [0.2, 0.25) is 0 Å². The quantitative estimate of drug-likeness (QED) is 0.494. The molecule has 4 rings (SSSR count). The van der Waals surface area contributed by atoms with Crippen LogP contribution in [-0.2, 0) is 24.1 Å². The normalized spacial score (nSPS) is 21.4. The van der Waals surface area contributed by atoms with Crippen molar-refractivity contribution in [2.24, 2.45) is 11.8 Å². The van der Waals surface area contributed by atoms with Crippen molar-refractivity contribution in [3.05, 3.63) is 83.1 Å². The van der Waals surface area contributed by atoms with Gasteiger partial charge in [-0.25, -0.2) is 0 Å². The summed E-state index contributed by atoms with van der Waals surface area (Å²) in [5.41, 5.74) is 3.78. The highest BCUT2D eigenvalue weighted by Gasteiger charge is 2.34. The molecule has 36 heavy (non-hydrogen) atoms. The molecule has 0 amide bonds. The van der Waals surface area contributed by atoms with E-state index in [0.29, 0.717) is 30.7 Å². The second-order valence-corrected chi connectivity index (χ2v) is 10.1. The van der Waals surface area contributed by atoms with Gasteiger partial charge in [-0.05, 0) is 98.3 Å². The van der Waals surface area contributed by atoms with Crippen LogP contribution in [-0.4, -0.2) is 73.6 Å². The first kappa shape index (κ1) is 26.3. The van der Waals surface area contributed by atoms with Crippen LogP contribution >= 0.6 is 0 Å². The van der Waals surface area contributed by atoms with E-state index in [2.05, 4.69) is 46.2 Å². The molecule has 0 spiro atoms. The SMILES string of the molecule is COC1=CC(N(CCO)Cc2ccc(OCCN(C)C)cc2)C([C@@H]2CCc3cc(O)ccc3C2)C=C1. The number of hydrogen-bond acceptors (Lipinski definition) is 6. The smallest absolute Gasteiger partial charge is 0.119 e. The Kier molecular flexibility index (Phi) is 9.08. The predicted molar refractivity (Wildman–Crippen MR) is 143 cm³/mol. The van der Waals surface area contributed by atoms with Crippen LogP contribution in [0.15, 0.2) is 66.5 Å². The standard InChI is InChI=1S/C30H40N2O4/c1-31(2)15-17-36-27-10-4-22(5-11-27)21-32(14-16-33)30-20-28(35-3)12-13-29(30)25-7-6-24-19-26(34)9-8-23(24)18-25/h4-5,8-13,19-20,25,29-30,33-34H,6-7,14-18,21H2,1-3H3/t25-,29?,30?/m1/s1. The van der Waals surface area contributed by atoms with Crippen molar-refractivity contribution >= 4 is 0 Å². The molecule has 3 atom stereocenters. The second kappa shape index (κ2) is 12.4. The molecule has 0 aromatic heterocycles. The number of hydrogen-bond donors (Lipinski definition) is 2. The van der Waals surface area contributed by atoms with Crippen molar-refractivity contribution in [1.29, 1.82) is 0 Å². The van der Waals surface area contributed by atoms with Crippen molar-refractivity contribution in [3.63, 3.8) is 0 Å². The summed E-state index contributed by atoms with van der Waals surface area (Å²) in [6.07, 6.45) is 9.64. The summed E-state index contributed by atoms with van der Waals surface area (Å²) in [7, 11) is 5.79. The Morgan fingerprint density at radius 2 is 1.83 bits per heavy atom. The van der Waals surface area contributed by atoms with Crippen LogP contribution in [0.3, 0.4) is 0 Å². The van der Waals surface area contributed by atoms with Gasteiger partial charge in [0.15, 0.2) is 0 Å². The van der Waals surface area contributed by atoms with Gasteiger partial charge in [-0.2, -0.15) is 0 Å². The molecular weight excluding hydrogens is 452 g/mol. The van der Waals surface area contributed by atoms with Gasteiger partial charge in [0.25, 0.3) is 0 Å². The maximum atomic E-state index is 9.95. The highest BCUT2D eigenvalue weighted by Crippen LogP contribution is 2.38. The number of allylic oxidation sites excluding steroid dienone is 1. The monoisotopic (exact) mass is 492 g/mol. The molecule has 2 unspecified atom stereocenters. The number of phenols is 1. The maximum absolute atomic E-state index is 9.95. The topological polar surface area (TPSA) is 65.4 Å². The molecule has 6 nitrogen and oxygen atoms in total. The summed E-state index contributed by atoms with van der Waals surface area (Å²) in [6.45, 7) is 2.96. The Morgan fingerprint density at radius 3 is 2.56 bits per heavy atom. The molecule has 0 bridgehead atoms. The van der Waals surface area contributed by atoms with Crippen LogP contribution in [0.2, 0.25) is 0 Å². The predicted octanol–water partition coefficient (Wildman–Crippen LogP) is 4.02. The first-order chi connectivity index (χ1) is 17.5. The lowest BCUT2D eigenvalue weighted by molar-refractivity contribution is 0.115. The number of benzene rings is 2. The fourth-order valence-corrected chi connectivity index (χ4v) is 5.41. The Morgan fingerprint density at radius 1 is 1.03 bits per heavy atom. The minimum atomic E-state index is 0.0988. The zero-order chi connectivity index (χ0) is 25.5. The lowest BCUT2D eigenvalue weighted by atomic mass is 9.72. The van der Waals surface area contributed by atoms with Crippen molar-refractivity contribution in [2.75, 3.05) is 47.5 Å². The number of aromatic hydroxyl groups is 1. The lowest BCUT2D eigenvalue weighted by Gasteiger charge is -2.41. The number of nitrogens with zero attached hydrogens (tertiary/aromatic N) is 2. The molecule has 6 heteroatoms. The Bertz CT molecular complexity index is 1050. The van der Waals surface area contributed by atoms with E-state index in [9.17, 15) is 10.2 Å². The Hall–Kier alpha value is -2.80. The molecule has 194 valence electrons. The third-order valence-electron chi connectivity index (χ3n) is 7.37. The van der Waals surface area contributed by atoms with Crippen molar-refractivity contribution < 1.29 is 19.7 Å². The molecule has 0 fully saturated rings. The number of ether oxygens (including phenoxy) is 2. The molecule has 2 aliphatic rings. The maximum Gasteiger partial charge on any atom is 0.119 e. The Labute approximate surface area is 215 Å². The van der Waals surface area contributed by atoms with E-state index < -0.39 is 0 Å². The first-order valence-corrected chi connectivity index (χ1v) is 12.9. The first-order valence-electron chi connectivity index (χ1n) is 12.9. The third-order valence-corrected chi connectivity index (χ3v) is 7.37. The van der Waals surface area contributed by atoms with Crippen LogP contribution in [0.4, 0.5) is 0 Å². The summed E-state index contributed by atoms with van der Waals surface area (Å²) in [6, 6.07) is 14.2. The molecule has 0 radical (unpaired) electrons. The van der Waals surface area contributed by atoms with Crippen molar-refractivity contribution in [1.82, 2.24) is 9.80 Å². The van der Waals surface area contributed by atoms with Gasteiger partial charge in [-0.15, -0.1) is 0 Å². The van der Waals surface area contributed by atoms with E-state index >= 15 is 0 Å². The molecule has 0 heterocycles. The van der Waals surface area contributed by atoms with Crippen molar-refractivity contribution in [2.45, 2.75) is 31.8 Å². The lowest BCUT2D eigenvalue weighted by Crippen LogP contribution is -2.44. The molecular formula is C30H40N2O4. The van der Waals surface area contributed by atoms with Crippen LogP contribution in [0.25, 0.3) is 0 Å². The molecule has 0 saturated carbocycles. The zero-order valence-corrected chi connectivity index (χ0v) is 21.8. The summed E-state index contributed by atoms with van der Waals surface area (Å²) in [4.78, 5) is 4.47. The van der Waals surface area contributed by atoms with E-state index in [4.69, 9.17) is 9.47 Å². The van der Waals surface area contributed by atoms with E-state index in [-0.39, 0.29) is 12.6 Å². The van der Waals surface area contributed by atoms with Crippen LogP contribution in [0, 0.1) is 11.8 Å². The van der Waals surface area contributed by atoms with Crippen LogP contribution in [0.1, 0.15) is 23.1 Å². The van der Waals surface area contributed by atoms with E-state index in [1.807, 2.05) is 32.3 Å². The van der Waals surface area contributed by atoms with Gasteiger partial charge in [-0.1, -0.05) is 24.3 Å². The van der Waals surface area contributed by atoms with Gasteiger partial charge in [0, 0.05) is 25.7 Å². The number of fused-ring (bicyclic) bond motifs is 1. The summed E-state index contributed by atoms with van der Waals surface area (Å²) in [5, 5.41) is 19.8. The number of phenolic OH excluding ortho intramolecular Hbond substituents is 1. The largest absolute Gasteiger partial charge is 0.508 e. The van der Waals surface area contributed by atoms with E-state index in [0.717, 1.165) is 43.9 Å².